The molecule has 4 atom stereocenters. The number of anilines is 1. The third-order valence-electron chi connectivity index (χ3n) is 9.73. The van der Waals surface area contributed by atoms with Crippen LogP contribution in [-0.4, -0.2) is 66.1 Å². The van der Waals surface area contributed by atoms with E-state index in [9.17, 15) is 29.8 Å². The van der Waals surface area contributed by atoms with Crippen molar-refractivity contribution < 1.29 is 39.2 Å². The van der Waals surface area contributed by atoms with Gasteiger partial charge in [0.25, 0.3) is 0 Å². The maximum absolute atomic E-state index is 14.1. The summed E-state index contributed by atoms with van der Waals surface area (Å²) in [5, 5.41) is 40.8. The Morgan fingerprint density at radius 2 is 1.74 bits per heavy atom. The van der Waals surface area contributed by atoms with Gasteiger partial charge < -0.3 is 29.6 Å². The zero-order valence-electron chi connectivity index (χ0n) is 26.8. The first-order chi connectivity index (χ1) is 22.6. The molecule has 0 spiro atoms. The van der Waals surface area contributed by atoms with Crippen LogP contribution in [0.25, 0.3) is 11.6 Å². The van der Waals surface area contributed by atoms with Gasteiger partial charge in [0.15, 0.2) is 0 Å². The second-order valence-electron chi connectivity index (χ2n) is 12.8. The van der Waals surface area contributed by atoms with Gasteiger partial charge in [0.05, 0.1) is 30.2 Å². The number of imide groups is 1. The normalized spacial score (nSPS) is 22.9. The fraction of sp³-hybridized carbons (Fsp3) is 0.333. The first-order valence-corrected chi connectivity index (χ1v) is 16.0. The van der Waals surface area contributed by atoms with Crippen LogP contribution in [0.5, 0.6) is 5.75 Å². The highest BCUT2D eigenvalue weighted by Gasteiger charge is 2.57. The predicted octanol–water partition coefficient (Wildman–Crippen LogP) is 3.66. The molecule has 0 unspecified atom stereocenters. The van der Waals surface area contributed by atoms with Crippen molar-refractivity contribution in [2.24, 2.45) is 17.8 Å². The van der Waals surface area contributed by atoms with Crippen LogP contribution < -0.4 is 10.4 Å². The van der Waals surface area contributed by atoms with Gasteiger partial charge in [-0.3, -0.25) is 14.5 Å². The topological polar surface area (TPSA) is 137 Å². The summed E-state index contributed by atoms with van der Waals surface area (Å²) < 4.78 is 11.8. The van der Waals surface area contributed by atoms with Crippen molar-refractivity contribution in [2.45, 2.75) is 45.5 Å². The van der Waals surface area contributed by atoms with Crippen molar-refractivity contribution in [3.63, 3.8) is 0 Å². The molecule has 11 heteroatoms. The van der Waals surface area contributed by atoms with Gasteiger partial charge in [-0.25, -0.2) is 0 Å². The summed E-state index contributed by atoms with van der Waals surface area (Å²) in [6.07, 6.45) is 3.23. The molecule has 3 aromatic rings. The predicted molar refractivity (Wildman–Crippen MR) is 182 cm³/mol. The Bertz CT molecular complexity index is 1720. The minimum Gasteiger partial charge on any atom is -0.507 e. The molecule has 2 saturated heterocycles. The van der Waals surface area contributed by atoms with E-state index >= 15 is 0 Å². The number of aryl methyl sites for hydroxylation is 2. The van der Waals surface area contributed by atoms with E-state index in [1.54, 1.807) is 19.2 Å². The minimum atomic E-state index is -1.74. The monoisotopic (exact) mass is 635 g/mol. The van der Waals surface area contributed by atoms with Gasteiger partial charge in [-0.05, 0) is 114 Å². The molecular weight excluding hydrogens is 596 g/mol. The molecule has 2 amide bonds. The molecule has 242 valence electrons. The molecule has 0 saturated carbocycles. The molecule has 9 nitrogen and oxygen atoms in total. The van der Waals surface area contributed by atoms with Gasteiger partial charge in [-0.15, -0.1) is 0 Å². The van der Waals surface area contributed by atoms with Crippen molar-refractivity contribution in [1.29, 1.82) is 0 Å². The van der Waals surface area contributed by atoms with E-state index in [0.717, 1.165) is 43.9 Å². The maximum Gasteiger partial charge on any atom is 0.488 e. The van der Waals surface area contributed by atoms with Crippen LogP contribution in [0.4, 0.5) is 5.69 Å². The standard InChI is InChI=1S/C36H39B2NO8/c1-21-14-23(15-22(2)34(21)40)16-25(24-8-5-4-6-9-24)12-13-31-32-26(20-46-3)17-29-33(30(32)19-37(43)47-31)36(42)39(35(29)41)28-11-7-10-27(18-28)38(44)45/h4-11,14-16,18,29-31,33,40,43-45H,12-13,17,19-20H2,1-3H3/b25-16-/t29-,30+,31-,33-/m1/s1. The number of phenolic OH excluding ortho intramolecular Hbond substituents is 1. The second kappa shape index (κ2) is 13.6. The Kier molecular flexibility index (Phi) is 9.55. The molecule has 1 aliphatic carbocycles. The van der Waals surface area contributed by atoms with Crippen LogP contribution in [0.15, 0.2) is 77.9 Å². The van der Waals surface area contributed by atoms with Crippen molar-refractivity contribution >= 4 is 48.9 Å². The lowest BCUT2D eigenvalue weighted by molar-refractivity contribution is -0.122. The lowest BCUT2D eigenvalue weighted by Crippen LogP contribution is -2.46. The zero-order valence-corrected chi connectivity index (χ0v) is 26.8. The Balaban J connectivity index is 1.33. The number of phenols is 1. The molecule has 2 fully saturated rings. The highest BCUT2D eigenvalue weighted by Crippen LogP contribution is 2.51. The van der Waals surface area contributed by atoms with Gasteiger partial charge in [-0.1, -0.05) is 48.5 Å². The quantitative estimate of drug-likeness (QED) is 0.121. The van der Waals surface area contributed by atoms with Crippen LogP contribution >= 0.6 is 0 Å². The van der Waals surface area contributed by atoms with E-state index in [-0.39, 0.29) is 41.6 Å². The number of carbonyl (C=O) groups excluding carboxylic acids is 2. The van der Waals surface area contributed by atoms with Crippen molar-refractivity contribution in [1.82, 2.24) is 0 Å². The number of hydrogen-bond donors (Lipinski definition) is 4. The van der Waals surface area contributed by atoms with Gasteiger partial charge in [0.1, 0.15) is 5.75 Å². The number of allylic oxidation sites excluding steroid dienone is 1. The Labute approximate surface area is 275 Å². The maximum atomic E-state index is 14.1. The number of carbonyl (C=O) groups is 2. The molecule has 0 bridgehead atoms. The first kappa shape index (κ1) is 32.9. The van der Waals surface area contributed by atoms with Gasteiger partial charge in [0, 0.05) is 7.11 Å². The molecule has 0 radical (unpaired) electrons. The van der Waals surface area contributed by atoms with Crippen LogP contribution in [0.2, 0.25) is 6.32 Å². The second-order valence-corrected chi connectivity index (χ2v) is 12.8. The highest BCUT2D eigenvalue weighted by molar-refractivity contribution is 6.58. The summed E-state index contributed by atoms with van der Waals surface area (Å²) in [5.74, 6) is -2.16. The van der Waals surface area contributed by atoms with E-state index in [1.165, 1.54) is 12.1 Å². The minimum absolute atomic E-state index is 0.176. The number of benzene rings is 3. The summed E-state index contributed by atoms with van der Waals surface area (Å²) in [6, 6.07) is 20.1. The van der Waals surface area contributed by atoms with Crippen LogP contribution in [0, 0.1) is 31.6 Å². The summed E-state index contributed by atoms with van der Waals surface area (Å²) in [4.78, 5) is 29.1. The smallest absolute Gasteiger partial charge is 0.488 e. The molecule has 3 aromatic carbocycles. The van der Waals surface area contributed by atoms with Crippen LogP contribution in [0.3, 0.4) is 0 Å². The Hall–Kier alpha value is -3.99. The number of aromatic hydroxyl groups is 1. The number of nitrogens with zero attached hydrogens (tertiary/aromatic N) is 1. The summed E-state index contributed by atoms with van der Waals surface area (Å²) in [6.45, 7) is 4.02. The number of hydrogen-bond acceptors (Lipinski definition) is 8. The zero-order chi connectivity index (χ0) is 33.4. The van der Waals surface area contributed by atoms with Gasteiger partial charge >= 0.3 is 14.2 Å². The SMILES string of the molecule is COCC1=C2[C@@H](CC/C(=C/c3cc(C)c(O)c(C)c3)c3ccccc3)OB(O)C[C@@H]2[C@@H]2C(=O)N(c3cccc(B(O)O)c3)C(=O)[C@@H]2C1. The molecule has 2 heterocycles. The third kappa shape index (κ3) is 6.46. The largest absolute Gasteiger partial charge is 0.507 e. The third-order valence-corrected chi connectivity index (χ3v) is 9.73. The van der Waals surface area contributed by atoms with Gasteiger partial charge in [-0.2, -0.15) is 0 Å². The number of amides is 2. The van der Waals surface area contributed by atoms with E-state index in [1.807, 2.05) is 56.3 Å². The Morgan fingerprint density at radius 3 is 2.43 bits per heavy atom. The first-order valence-electron chi connectivity index (χ1n) is 16.0. The van der Waals surface area contributed by atoms with Gasteiger partial charge in [0.2, 0.25) is 11.8 Å². The average Bonchev–Trinajstić information content (AvgIpc) is 3.30. The van der Waals surface area contributed by atoms with E-state index in [0.29, 0.717) is 19.3 Å². The molecule has 3 aliphatic rings. The molecular formula is C36H39B2NO8. The fourth-order valence-corrected chi connectivity index (χ4v) is 7.66. The molecule has 4 N–H and O–H groups in total. The fourth-order valence-electron chi connectivity index (χ4n) is 7.66. The van der Waals surface area contributed by atoms with E-state index in [2.05, 4.69) is 6.08 Å². The summed E-state index contributed by atoms with van der Waals surface area (Å²) in [7, 11) is -1.26. The lowest BCUT2D eigenvalue weighted by Gasteiger charge is -2.43. The van der Waals surface area contributed by atoms with Crippen LogP contribution in [0.1, 0.15) is 41.5 Å². The molecule has 47 heavy (non-hydrogen) atoms. The molecule has 6 rings (SSSR count). The Morgan fingerprint density at radius 1 is 1.02 bits per heavy atom. The summed E-state index contributed by atoms with van der Waals surface area (Å²) in [5.41, 5.74) is 6.95. The van der Waals surface area contributed by atoms with Crippen molar-refractivity contribution in [3.05, 3.63) is 100 Å². The number of rotatable bonds is 9. The van der Waals surface area contributed by atoms with Crippen LogP contribution in [-0.2, 0) is 19.0 Å². The lowest BCUT2D eigenvalue weighted by atomic mass is 9.58. The molecule has 0 aromatic heterocycles. The average molecular weight is 635 g/mol. The number of methoxy groups -OCH3 is 1. The summed E-state index contributed by atoms with van der Waals surface area (Å²) >= 11 is 0. The van der Waals surface area contributed by atoms with Crippen molar-refractivity contribution in [3.8, 4) is 5.75 Å². The van der Waals surface area contributed by atoms with E-state index < -0.39 is 38.1 Å². The number of ether oxygens (including phenoxy) is 1. The van der Waals surface area contributed by atoms with E-state index in [4.69, 9.17) is 9.39 Å². The van der Waals surface area contributed by atoms with Crippen molar-refractivity contribution in [2.75, 3.05) is 18.6 Å². The highest BCUT2D eigenvalue weighted by atomic mass is 16.5. The number of fused-ring (bicyclic) bond motifs is 3. The molecule has 2 aliphatic heterocycles.